The Morgan fingerprint density at radius 1 is 1.35 bits per heavy atom. The van der Waals surface area contributed by atoms with E-state index in [9.17, 15) is 9.59 Å². The van der Waals surface area contributed by atoms with Crippen molar-refractivity contribution >= 4 is 17.7 Å². The number of amides is 1. The number of aromatic nitrogens is 1. The second kappa shape index (κ2) is 7.44. The smallest absolute Gasteiger partial charge is 0.337 e. The van der Waals surface area contributed by atoms with Crippen LogP contribution in [0.15, 0.2) is 34.9 Å². The Labute approximate surface area is 133 Å². The summed E-state index contributed by atoms with van der Waals surface area (Å²) in [6.45, 7) is 3.55. The van der Waals surface area contributed by atoms with Gasteiger partial charge in [0, 0.05) is 6.07 Å². The van der Waals surface area contributed by atoms with Crippen LogP contribution in [-0.2, 0) is 9.53 Å². The van der Waals surface area contributed by atoms with Crippen LogP contribution in [0.1, 0.15) is 29.5 Å². The molecule has 7 heteroatoms. The topological polar surface area (TPSA) is 90.7 Å². The lowest BCUT2D eigenvalue weighted by Crippen LogP contribution is -2.32. The molecule has 1 N–H and O–H groups in total. The minimum atomic E-state index is -0.722. The van der Waals surface area contributed by atoms with E-state index in [4.69, 9.17) is 9.26 Å². The second-order valence-electron chi connectivity index (χ2n) is 4.85. The molecule has 7 nitrogen and oxygen atoms in total. The highest BCUT2D eigenvalue weighted by molar-refractivity contribution is 5.93. The molecule has 0 spiro atoms. The molecular weight excluding hydrogens is 300 g/mol. The largest absolute Gasteiger partial charge is 0.481 e. The molecule has 0 bridgehead atoms. The Balaban J connectivity index is 2.06. The number of hydrogen-bond acceptors (Lipinski definition) is 6. The quantitative estimate of drug-likeness (QED) is 0.823. The fourth-order valence-corrected chi connectivity index (χ4v) is 1.93. The van der Waals surface area contributed by atoms with Gasteiger partial charge in [-0.3, -0.25) is 4.79 Å². The second-order valence-corrected chi connectivity index (χ2v) is 4.85. The first-order valence-electron chi connectivity index (χ1n) is 7.12. The molecule has 0 aliphatic heterocycles. The zero-order chi connectivity index (χ0) is 16.8. The summed E-state index contributed by atoms with van der Waals surface area (Å²) in [5, 5.41) is 6.33. The zero-order valence-electron chi connectivity index (χ0n) is 13.2. The van der Waals surface area contributed by atoms with Gasteiger partial charge in [0.05, 0.1) is 12.7 Å². The van der Waals surface area contributed by atoms with E-state index in [0.717, 1.165) is 0 Å². The molecule has 1 unspecified atom stereocenters. The lowest BCUT2D eigenvalue weighted by molar-refractivity contribution is -0.122. The van der Waals surface area contributed by atoms with E-state index >= 15 is 0 Å². The number of carbonyl (C=O) groups excluding carboxylic acids is 2. The Morgan fingerprint density at radius 3 is 2.74 bits per heavy atom. The molecule has 0 aliphatic carbocycles. The van der Waals surface area contributed by atoms with Crippen LogP contribution in [-0.4, -0.2) is 30.2 Å². The van der Waals surface area contributed by atoms with Crippen molar-refractivity contribution in [2.75, 3.05) is 12.4 Å². The van der Waals surface area contributed by atoms with Gasteiger partial charge in [0.2, 0.25) is 0 Å². The molecule has 0 radical (unpaired) electrons. The molecule has 2 aromatic rings. The number of ether oxygens (including phenoxy) is 2. The summed E-state index contributed by atoms with van der Waals surface area (Å²) >= 11 is 0. The van der Waals surface area contributed by atoms with Crippen molar-refractivity contribution in [1.82, 2.24) is 5.16 Å². The minimum Gasteiger partial charge on any atom is -0.481 e. The molecule has 0 fully saturated rings. The normalized spacial score (nSPS) is 11.6. The third-order valence-electron chi connectivity index (χ3n) is 3.08. The van der Waals surface area contributed by atoms with Gasteiger partial charge in [-0.1, -0.05) is 18.1 Å². The standard InChI is InChI=1S/C16H18N2O5/c1-4-13(15(19)17-14-8-10(2)23-18-14)22-12-7-5-6-11(9-12)16(20)21-3/h5-9,13H,4H2,1-3H3,(H,17,18,19). The molecular formula is C16H18N2O5. The number of anilines is 1. The summed E-state index contributed by atoms with van der Waals surface area (Å²) in [5.41, 5.74) is 0.354. The first-order chi connectivity index (χ1) is 11.0. The van der Waals surface area contributed by atoms with Crippen LogP contribution in [0.2, 0.25) is 0 Å². The van der Waals surface area contributed by atoms with E-state index in [-0.39, 0.29) is 5.91 Å². The van der Waals surface area contributed by atoms with Crippen molar-refractivity contribution in [3.05, 3.63) is 41.7 Å². The Bertz CT molecular complexity index is 695. The lowest BCUT2D eigenvalue weighted by atomic mass is 10.2. The van der Waals surface area contributed by atoms with Gasteiger partial charge in [-0.25, -0.2) is 4.79 Å². The third kappa shape index (κ3) is 4.32. The van der Waals surface area contributed by atoms with E-state index < -0.39 is 12.1 Å². The molecule has 1 heterocycles. The average molecular weight is 318 g/mol. The van der Waals surface area contributed by atoms with Gasteiger partial charge in [-0.15, -0.1) is 0 Å². The Hall–Kier alpha value is -2.83. The predicted octanol–water partition coefficient (Wildman–Crippen LogP) is 2.57. The van der Waals surface area contributed by atoms with Gasteiger partial charge in [0.25, 0.3) is 5.91 Å². The molecule has 2 rings (SSSR count). The third-order valence-corrected chi connectivity index (χ3v) is 3.08. The summed E-state index contributed by atoms with van der Waals surface area (Å²) < 4.78 is 15.2. The fraction of sp³-hybridized carbons (Fsp3) is 0.312. The van der Waals surface area contributed by atoms with Crippen LogP contribution >= 0.6 is 0 Å². The van der Waals surface area contributed by atoms with Gasteiger partial charge in [0.15, 0.2) is 11.9 Å². The van der Waals surface area contributed by atoms with Gasteiger partial charge >= 0.3 is 5.97 Å². The van der Waals surface area contributed by atoms with E-state index in [0.29, 0.717) is 29.3 Å². The highest BCUT2D eigenvalue weighted by Gasteiger charge is 2.20. The van der Waals surface area contributed by atoms with Gasteiger partial charge < -0.3 is 19.3 Å². The lowest BCUT2D eigenvalue weighted by Gasteiger charge is -2.16. The minimum absolute atomic E-state index is 0.331. The molecule has 0 aliphatic rings. The number of methoxy groups -OCH3 is 1. The fourth-order valence-electron chi connectivity index (χ4n) is 1.93. The number of nitrogens with one attached hydrogen (secondary N) is 1. The van der Waals surface area contributed by atoms with Crippen molar-refractivity contribution in [1.29, 1.82) is 0 Å². The summed E-state index contributed by atoms with van der Waals surface area (Å²) in [5.74, 6) is 0.527. The molecule has 0 saturated heterocycles. The predicted molar refractivity (Wildman–Crippen MR) is 82.4 cm³/mol. The average Bonchev–Trinajstić information content (AvgIpc) is 2.96. The van der Waals surface area contributed by atoms with Crippen LogP contribution in [0.25, 0.3) is 0 Å². The SMILES string of the molecule is CCC(Oc1cccc(C(=O)OC)c1)C(=O)Nc1cc(C)on1. The van der Waals surface area contributed by atoms with Crippen molar-refractivity contribution in [2.24, 2.45) is 0 Å². The van der Waals surface area contributed by atoms with Crippen LogP contribution in [0, 0.1) is 6.92 Å². The molecule has 1 atom stereocenters. The van der Waals surface area contributed by atoms with Crippen molar-refractivity contribution in [2.45, 2.75) is 26.4 Å². The van der Waals surface area contributed by atoms with Crippen LogP contribution in [0.3, 0.4) is 0 Å². The molecule has 122 valence electrons. The van der Waals surface area contributed by atoms with Gasteiger partial charge in [0.1, 0.15) is 11.5 Å². The van der Waals surface area contributed by atoms with E-state index in [1.54, 1.807) is 31.2 Å². The maximum atomic E-state index is 12.2. The number of carbonyl (C=O) groups is 2. The molecule has 1 amide bonds. The highest BCUT2D eigenvalue weighted by Crippen LogP contribution is 2.18. The number of rotatable bonds is 6. The highest BCUT2D eigenvalue weighted by atomic mass is 16.5. The number of hydrogen-bond donors (Lipinski definition) is 1. The molecule has 1 aromatic carbocycles. The van der Waals surface area contributed by atoms with Crippen molar-refractivity contribution in [3.63, 3.8) is 0 Å². The summed E-state index contributed by atoms with van der Waals surface area (Å²) in [7, 11) is 1.30. The first kappa shape index (κ1) is 16.5. The van der Waals surface area contributed by atoms with Gasteiger partial charge in [-0.05, 0) is 31.5 Å². The Morgan fingerprint density at radius 2 is 2.13 bits per heavy atom. The number of esters is 1. The van der Waals surface area contributed by atoms with E-state index in [1.165, 1.54) is 13.2 Å². The molecule has 23 heavy (non-hydrogen) atoms. The summed E-state index contributed by atoms with van der Waals surface area (Å²) in [6, 6.07) is 8.08. The van der Waals surface area contributed by atoms with Crippen LogP contribution in [0.5, 0.6) is 5.75 Å². The zero-order valence-corrected chi connectivity index (χ0v) is 13.2. The molecule has 1 aromatic heterocycles. The Kier molecular flexibility index (Phi) is 5.35. The maximum Gasteiger partial charge on any atom is 0.337 e. The van der Waals surface area contributed by atoms with E-state index in [2.05, 4.69) is 15.2 Å². The monoisotopic (exact) mass is 318 g/mol. The van der Waals surface area contributed by atoms with Crippen LogP contribution < -0.4 is 10.1 Å². The summed E-state index contributed by atoms with van der Waals surface area (Å²) in [6.07, 6.45) is -0.273. The maximum absolute atomic E-state index is 12.2. The number of benzene rings is 1. The van der Waals surface area contributed by atoms with Crippen LogP contribution in [0.4, 0.5) is 5.82 Å². The number of nitrogens with zero attached hydrogens (tertiary/aromatic N) is 1. The number of aryl methyl sites for hydroxylation is 1. The summed E-state index contributed by atoms with van der Waals surface area (Å²) in [4.78, 5) is 23.7. The molecule has 0 saturated carbocycles. The first-order valence-corrected chi connectivity index (χ1v) is 7.12. The van der Waals surface area contributed by atoms with Crippen molar-refractivity contribution in [3.8, 4) is 5.75 Å². The van der Waals surface area contributed by atoms with Gasteiger partial charge in [-0.2, -0.15) is 0 Å². The van der Waals surface area contributed by atoms with E-state index in [1.807, 2.05) is 6.92 Å². The van der Waals surface area contributed by atoms with Crippen molar-refractivity contribution < 1.29 is 23.6 Å².